The highest BCUT2D eigenvalue weighted by Crippen LogP contribution is 2.30. The van der Waals surface area contributed by atoms with Gasteiger partial charge in [-0.25, -0.2) is 15.4 Å². The van der Waals surface area contributed by atoms with Crippen LogP contribution in [0.5, 0.6) is 0 Å². The van der Waals surface area contributed by atoms with Gasteiger partial charge in [0.25, 0.3) is 5.91 Å². The maximum atomic E-state index is 11.1. The zero-order valence-corrected chi connectivity index (χ0v) is 10.9. The minimum atomic E-state index is -0.688. The van der Waals surface area contributed by atoms with E-state index in [9.17, 15) is 4.79 Å². The highest BCUT2D eigenvalue weighted by Gasteiger charge is 2.08. The summed E-state index contributed by atoms with van der Waals surface area (Å²) in [6.45, 7) is 0. The zero-order valence-electron chi connectivity index (χ0n) is 9.39. The third-order valence-electron chi connectivity index (χ3n) is 2.21. The van der Waals surface area contributed by atoms with Crippen LogP contribution in [0.3, 0.4) is 0 Å². The molecule has 0 unspecified atom stereocenters. The molecule has 0 saturated heterocycles. The molecule has 2 aromatic rings. The molecule has 0 spiro atoms. The van der Waals surface area contributed by atoms with E-state index < -0.39 is 5.91 Å². The van der Waals surface area contributed by atoms with Crippen molar-refractivity contribution in [3.8, 4) is 0 Å². The molecule has 0 aliphatic carbocycles. The Morgan fingerprint density at radius 3 is 2.53 bits per heavy atom. The van der Waals surface area contributed by atoms with Crippen LogP contribution in [0.1, 0.15) is 10.4 Å². The van der Waals surface area contributed by atoms with Gasteiger partial charge in [0.1, 0.15) is 0 Å². The maximum absolute atomic E-state index is 11.1. The first-order valence-corrected chi connectivity index (χ1v) is 5.85. The Kier molecular flexibility index (Phi) is 4.16. The molecule has 1 aromatic heterocycles. The first-order valence-electron chi connectivity index (χ1n) is 5.09. The molecule has 0 radical (unpaired) electrons. The van der Waals surface area contributed by atoms with Gasteiger partial charge in [-0.05, 0) is 12.1 Å². The second kappa shape index (κ2) is 5.83. The number of carbonyl (C=O) groups is 1. The fourth-order valence-electron chi connectivity index (χ4n) is 1.30. The Labute approximate surface area is 118 Å². The van der Waals surface area contributed by atoms with Crippen LogP contribution in [-0.4, -0.2) is 21.1 Å². The second-order valence-corrected chi connectivity index (χ2v) is 4.25. The van der Waals surface area contributed by atoms with Crippen molar-refractivity contribution in [1.29, 1.82) is 0 Å². The average Bonchev–Trinajstić information content (AvgIpc) is 2.44. The Bertz CT molecular complexity index is 604. The molecule has 8 heteroatoms. The lowest BCUT2D eigenvalue weighted by molar-refractivity contribution is 0.0705. The molecule has 1 amide bonds. The van der Waals surface area contributed by atoms with Crippen LogP contribution in [0.25, 0.3) is 0 Å². The lowest BCUT2D eigenvalue weighted by atomic mass is 10.3. The molecule has 6 nitrogen and oxygen atoms in total. The Morgan fingerprint density at radius 2 is 1.89 bits per heavy atom. The maximum Gasteiger partial charge on any atom is 0.277 e. The minimum absolute atomic E-state index is 0.130. The van der Waals surface area contributed by atoms with Gasteiger partial charge in [-0.3, -0.25) is 10.0 Å². The summed E-state index contributed by atoms with van der Waals surface area (Å²) in [6.07, 6.45) is 2.53. The van der Waals surface area contributed by atoms with E-state index in [2.05, 4.69) is 15.3 Å². The first-order chi connectivity index (χ1) is 9.11. The molecule has 0 bridgehead atoms. The smallest absolute Gasteiger partial charge is 0.277 e. The van der Waals surface area contributed by atoms with Crippen LogP contribution in [0.2, 0.25) is 10.0 Å². The van der Waals surface area contributed by atoms with Gasteiger partial charge in [0, 0.05) is 12.4 Å². The monoisotopic (exact) mass is 298 g/mol. The number of hydroxylamine groups is 1. The molecule has 0 atom stereocenters. The number of hydrogen-bond acceptors (Lipinski definition) is 5. The van der Waals surface area contributed by atoms with Crippen molar-refractivity contribution in [3.05, 3.63) is 46.2 Å². The fraction of sp³-hybridized carbons (Fsp3) is 0. The van der Waals surface area contributed by atoms with Gasteiger partial charge in [-0.1, -0.05) is 29.3 Å². The van der Waals surface area contributed by atoms with E-state index in [-0.39, 0.29) is 11.5 Å². The van der Waals surface area contributed by atoms with E-state index in [4.69, 9.17) is 28.4 Å². The summed E-state index contributed by atoms with van der Waals surface area (Å²) < 4.78 is 0. The first kappa shape index (κ1) is 13.5. The van der Waals surface area contributed by atoms with Crippen LogP contribution < -0.4 is 10.8 Å². The van der Waals surface area contributed by atoms with Crippen molar-refractivity contribution in [3.63, 3.8) is 0 Å². The number of benzene rings is 1. The molecule has 1 heterocycles. The third kappa shape index (κ3) is 3.11. The van der Waals surface area contributed by atoms with Gasteiger partial charge < -0.3 is 5.32 Å². The van der Waals surface area contributed by atoms with Gasteiger partial charge in [0.05, 0.1) is 21.3 Å². The Morgan fingerprint density at radius 1 is 1.21 bits per heavy atom. The predicted octanol–water partition coefficient (Wildman–Crippen LogP) is 2.65. The number of rotatable bonds is 3. The van der Waals surface area contributed by atoms with Crippen LogP contribution in [-0.2, 0) is 0 Å². The average molecular weight is 299 g/mol. The number of anilines is 2. The van der Waals surface area contributed by atoms with Gasteiger partial charge in [-0.2, -0.15) is 0 Å². The summed E-state index contributed by atoms with van der Waals surface area (Å²) in [4.78, 5) is 18.9. The zero-order chi connectivity index (χ0) is 13.8. The number of nitrogens with zero attached hydrogens (tertiary/aromatic N) is 2. The van der Waals surface area contributed by atoms with Gasteiger partial charge in [0.2, 0.25) is 5.95 Å². The summed E-state index contributed by atoms with van der Waals surface area (Å²) in [5.74, 6) is -0.439. The highest BCUT2D eigenvalue weighted by atomic mass is 35.5. The molecule has 3 N–H and O–H groups in total. The van der Waals surface area contributed by atoms with Crippen molar-refractivity contribution in [2.24, 2.45) is 0 Å². The largest absolute Gasteiger partial charge is 0.323 e. The normalized spacial score (nSPS) is 10.1. The Balaban J connectivity index is 2.20. The SMILES string of the molecule is O=C(NO)c1cnc(Nc2cccc(Cl)c2Cl)nc1. The molecule has 0 saturated carbocycles. The highest BCUT2D eigenvalue weighted by molar-refractivity contribution is 6.43. The van der Waals surface area contributed by atoms with E-state index >= 15 is 0 Å². The van der Waals surface area contributed by atoms with Crippen molar-refractivity contribution in [1.82, 2.24) is 15.4 Å². The van der Waals surface area contributed by atoms with Crippen molar-refractivity contribution in [2.75, 3.05) is 5.32 Å². The van der Waals surface area contributed by atoms with Crippen molar-refractivity contribution in [2.45, 2.75) is 0 Å². The summed E-state index contributed by atoms with van der Waals surface area (Å²) in [5.41, 5.74) is 2.17. The van der Waals surface area contributed by atoms with E-state index in [1.807, 2.05) is 0 Å². The van der Waals surface area contributed by atoms with Crippen LogP contribution in [0, 0.1) is 0 Å². The molecular formula is C11H8Cl2N4O2. The van der Waals surface area contributed by atoms with Crippen LogP contribution in [0.15, 0.2) is 30.6 Å². The summed E-state index contributed by atoms with van der Waals surface area (Å²) in [5, 5.41) is 12.1. The quantitative estimate of drug-likeness (QED) is 0.599. The minimum Gasteiger partial charge on any atom is -0.323 e. The number of hydrogen-bond donors (Lipinski definition) is 3. The van der Waals surface area contributed by atoms with Gasteiger partial charge >= 0.3 is 0 Å². The van der Waals surface area contributed by atoms with Crippen molar-refractivity contribution >= 4 is 40.7 Å². The van der Waals surface area contributed by atoms with Gasteiger partial charge in [-0.15, -0.1) is 0 Å². The predicted molar refractivity (Wildman–Crippen MR) is 71.0 cm³/mol. The lowest BCUT2D eigenvalue weighted by Gasteiger charge is -2.07. The second-order valence-electron chi connectivity index (χ2n) is 3.46. The molecule has 0 aliphatic rings. The number of halogens is 2. The van der Waals surface area contributed by atoms with Gasteiger partial charge in [0.15, 0.2) is 0 Å². The van der Waals surface area contributed by atoms with Crippen LogP contribution >= 0.6 is 23.2 Å². The number of nitrogens with one attached hydrogen (secondary N) is 2. The molecule has 0 aliphatic heterocycles. The third-order valence-corrected chi connectivity index (χ3v) is 3.03. The molecule has 2 rings (SSSR count). The number of carbonyl (C=O) groups excluding carboxylic acids is 1. The van der Waals surface area contributed by atoms with E-state index in [0.29, 0.717) is 15.7 Å². The van der Waals surface area contributed by atoms with Crippen LogP contribution in [0.4, 0.5) is 11.6 Å². The fourth-order valence-corrected chi connectivity index (χ4v) is 1.64. The molecule has 1 aromatic carbocycles. The number of amides is 1. The number of aromatic nitrogens is 2. The van der Waals surface area contributed by atoms with E-state index in [0.717, 1.165) is 0 Å². The molecule has 98 valence electrons. The molecule has 19 heavy (non-hydrogen) atoms. The summed E-state index contributed by atoms with van der Waals surface area (Å²) in [6, 6.07) is 5.10. The molecular weight excluding hydrogens is 291 g/mol. The lowest BCUT2D eigenvalue weighted by Crippen LogP contribution is -2.19. The standard InChI is InChI=1S/C11H8Cl2N4O2/c12-7-2-1-3-8(9(7)13)16-11-14-4-6(5-15-11)10(18)17-19/h1-5,19H,(H,17,18)(H,14,15,16). The van der Waals surface area contributed by atoms with Crippen molar-refractivity contribution < 1.29 is 10.0 Å². The topological polar surface area (TPSA) is 87.1 Å². The summed E-state index contributed by atoms with van der Waals surface area (Å²) >= 11 is 11.9. The summed E-state index contributed by atoms with van der Waals surface area (Å²) in [7, 11) is 0. The van der Waals surface area contributed by atoms with E-state index in [1.54, 1.807) is 18.2 Å². The van der Waals surface area contributed by atoms with E-state index in [1.165, 1.54) is 17.9 Å². The Hall–Kier alpha value is -1.89. The molecule has 0 fully saturated rings.